The predicted molar refractivity (Wildman–Crippen MR) is 523 cm³/mol. The molecule has 0 unspecified atom stereocenters. The van der Waals surface area contributed by atoms with Crippen molar-refractivity contribution >= 4 is 68.2 Å². The van der Waals surface area contributed by atoms with E-state index in [-0.39, 0.29) is 21.7 Å². The molecule has 0 spiro atoms. The van der Waals surface area contributed by atoms with Gasteiger partial charge in [-0.25, -0.2) is 0 Å². The molecule has 0 fully saturated rings. The molecule has 0 N–H and O–H groups in total. The second-order valence-corrected chi connectivity index (χ2v) is 36.1. The average Bonchev–Trinajstić information content (AvgIpc) is 1.54. The van der Waals surface area contributed by atoms with Gasteiger partial charge in [0.25, 0.3) is 0 Å². The van der Waals surface area contributed by atoms with Crippen LogP contribution in [0.15, 0.2) is 425 Å². The molecule has 18 aromatic carbocycles. The van der Waals surface area contributed by atoms with Crippen molar-refractivity contribution in [3.05, 3.63) is 469 Å². The lowest BCUT2D eigenvalue weighted by atomic mass is 9.79. The Morgan fingerprint density at radius 1 is 0.121 bits per heavy atom. The van der Waals surface area contributed by atoms with Crippen LogP contribution >= 0.6 is 0 Å². The van der Waals surface area contributed by atoms with Crippen LogP contribution in [0.4, 0.5) is 68.2 Å². The average molecular weight is 1590 g/mol. The van der Waals surface area contributed by atoms with E-state index < -0.39 is 0 Å². The lowest BCUT2D eigenvalue weighted by Crippen LogP contribution is -2.18. The standard InChI is InChI=1S/C120H94N4/c1-117(2)109-71-97(121(89-33-21-12-22-34-89)90-35-23-13-24-36-90)63-67-101(109)105-75-114-106(76-113(105)117)102-68-64-98(72-110(102)118(114,3)4)122(91-37-25-14-26-38-91)92-59-49-87(50-60-92)82-39-41-83(42-40-82)88-51-61-96(62-52-88)124(95-57-47-86(48-58-95)81-31-19-11-20-32-81)100-66-70-104-108-78-115-107(77-116(108)120(7,8)112(104)74-100)103-69-65-99(73-111(103)119(115,5)6)123(93-53-43-84(44-54-93)79-27-15-9-16-28-79)94-55-45-85(46-56-94)80-29-17-10-18-30-80/h9-78H,1-8H3. The van der Waals surface area contributed by atoms with E-state index in [4.69, 9.17) is 0 Å². The molecule has 0 heterocycles. The highest BCUT2D eigenvalue weighted by molar-refractivity contribution is 5.96. The Morgan fingerprint density at radius 3 is 0.444 bits per heavy atom. The Hall–Kier alpha value is -14.8. The van der Waals surface area contributed by atoms with Gasteiger partial charge in [-0.2, -0.15) is 0 Å². The van der Waals surface area contributed by atoms with E-state index in [1.54, 1.807) is 0 Å². The number of para-hydroxylation sites is 3. The zero-order valence-corrected chi connectivity index (χ0v) is 71.2. The van der Waals surface area contributed by atoms with Crippen LogP contribution in [-0.2, 0) is 21.7 Å². The topological polar surface area (TPSA) is 13.0 Å². The molecule has 4 nitrogen and oxygen atoms in total. The molecule has 18 aromatic rings. The van der Waals surface area contributed by atoms with E-state index in [0.29, 0.717) is 0 Å². The number of anilines is 12. The van der Waals surface area contributed by atoms with Crippen LogP contribution in [-0.4, -0.2) is 0 Å². The molecule has 594 valence electrons. The molecular weight excluding hydrogens is 1500 g/mol. The molecule has 0 amide bonds. The van der Waals surface area contributed by atoms with Crippen LogP contribution < -0.4 is 19.6 Å². The van der Waals surface area contributed by atoms with Gasteiger partial charge in [0.1, 0.15) is 0 Å². The van der Waals surface area contributed by atoms with Crippen molar-refractivity contribution in [1.82, 2.24) is 0 Å². The van der Waals surface area contributed by atoms with Crippen molar-refractivity contribution < 1.29 is 0 Å². The maximum absolute atomic E-state index is 2.54. The minimum atomic E-state index is -0.297. The molecule has 0 saturated heterocycles. The third-order valence-corrected chi connectivity index (χ3v) is 27.5. The largest absolute Gasteiger partial charge is 0.310 e. The minimum absolute atomic E-state index is 0.220. The molecule has 0 bridgehead atoms. The van der Waals surface area contributed by atoms with Crippen molar-refractivity contribution in [1.29, 1.82) is 0 Å². The minimum Gasteiger partial charge on any atom is -0.310 e. The molecule has 4 aliphatic rings. The fourth-order valence-electron chi connectivity index (χ4n) is 20.7. The zero-order chi connectivity index (χ0) is 83.7. The maximum atomic E-state index is 2.54. The molecule has 22 rings (SSSR count). The molecule has 0 atom stereocenters. The molecular formula is C120H94N4. The van der Waals surface area contributed by atoms with Gasteiger partial charge in [-0.3, -0.25) is 0 Å². The summed E-state index contributed by atoms with van der Waals surface area (Å²) in [4.78, 5) is 9.66. The Kier molecular flexibility index (Phi) is 17.9. The fraction of sp³-hybridized carbons (Fsp3) is 0.100. The summed E-state index contributed by atoms with van der Waals surface area (Å²) in [5.41, 5.74) is 45.6. The molecule has 0 radical (unpaired) electrons. The van der Waals surface area contributed by atoms with Crippen LogP contribution in [0, 0.1) is 0 Å². The van der Waals surface area contributed by atoms with Crippen molar-refractivity contribution in [2.75, 3.05) is 19.6 Å². The molecule has 4 aliphatic carbocycles. The van der Waals surface area contributed by atoms with Gasteiger partial charge in [-0.1, -0.05) is 310 Å². The van der Waals surface area contributed by atoms with Gasteiger partial charge in [0.2, 0.25) is 0 Å². The Bertz CT molecular complexity index is 7000. The summed E-state index contributed by atoms with van der Waals surface area (Å²) >= 11 is 0. The summed E-state index contributed by atoms with van der Waals surface area (Å²) in [6.45, 7) is 19.3. The molecule has 4 heteroatoms. The Morgan fingerprint density at radius 2 is 0.258 bits per heavy atom. The highest BCUT2D eigenvalue weighted by Gasteiger charge is 2.45. The predicted octanol–water partition coefficient (Wildman–Crippen LogP) is 33.1. The van der Waals surface area contributed by atoms with E-state index in [2.05, 4.69) is 500 Å². The highest BCUT2D eigenvalue weighted by Crippen LogP contribution is 2.61. The zero-order valence-electron chi connectivity index (χ0n) is 71.2. The van der Waals surface area contributed by atoms with Gasteiger partial charge in [-0.05, 0) is 315 Å². The SMILES string of the molecule is CC1(C)c2cc(N(c3ccccc3)c3ccccc3)ccc2-c2cc3c(cc21)-c1ccc(N(c2ccccc2)c2ccc(-c4ccc(-c5ccc(N(c6ccc(-c7ccccc7)cc6)c6ccc7c(c6)C(C)(C)c6cc8c(cc6-7)C(C)(C)c6cc(N(c7ccc(-c9ccccc9)cc7)c7ccc(-c9ccccc9)cc7)ccc6-8)cc5)cc4)cc2)cc1C3(C)C. The molecule has 0 saturated carbocycles. The van der Waals surface area contributed by atoms with Crippen molar-refractivity contribution in [2.45, 2.75) is 77.0 Å². The Balaban J connectivity index is 0.536. The second kappa shape index (κ2) is 29.5. The third-order valence-electron chi connectivity index (χ3n) is 27.5. The van der Waals surface area contributed by atoms with Crippen LogP contribution in [0.25, 0.3) is 100 Å². The summed E-state index contributed by atoms with van der Waals surface area (Å²) in [5, 5.41) is 0. The van der Waals surface area contributed by atoms with Gasteiger partial charge < -0.3 is 19.6 Å². The molecule has 124 heavy (non-hydrogen) atoms. The fourth-order valence-corrected chi connectivity index (χ4v) is 20.7. The summed E-state index contributed by atoms with van der Waals surface area (Å²) in [6, 6.07) is 158. The van der Waals surface area contributed by atoms with E-state index in [1.165, 1.54) is 128 Å². The first kappa shape index (κ1) is 75.4. The number of nitrogens with zero attached hydrogens (tertiary/aromatic N) is 4. The van der Waals surface area contributed by atoms with Gasteiger partial charge in [0, 0.05) is 89.9 Å². The maximum Gasteiger partial charge on any atom is 0.0465 e. The number of hydrogen-bond donors (Lipinski definition) is 0. The van der Waals surface area contributed by atoms with Crippen molar-refractivity contribution in [3.8, 4) is 100 Å². The first-order valence-corrected chi connectivity index (χ1v) is 43.6. The summed E-state index contributed by atoms with van der Waals surface area (Å²) in [7, 11) is 0. The quantitative estimate of drug-likeness (QED) is 0.0901. The normalized spacial score (nSPS) is 13.9. The van der Waals surface area contributed by atoms with E-state index >= 15 is 0 Å². The third kappa shape index (κ3) is 12.6. The number of rotatable bonds is 17. The van der Waals surface area contributed by atoms with Crippen LogP contribution in [0.1, 0.15) is 99.9 Å². The summed E-state index contributed by atoms with van der Waals surface area (Å²) in [5.74, 6) is 0. The van der Waals surface area contributed by atoms with Crippen LogP contribution in [0.2, 0.25) is 0 Å². The van der Waals surface area contributed by atoms with Crippen molar-refractivity contribution in [2.24, 2.45) is 0 Å². The van der Waals surface area contributed by atoms with E-state index in [9.17, 15) is 0 Å². The lowest BCUT2D eigenvalue weighted by molar-refractivity contribution is 0.652. The van der Waals surface area contributed by atoms with Crippen molar-refractivity contribution in [3.63, 3.8) is 0 Å². The van der Waals surface area contributed by atoms with Gasteiger partial charge in [0.15, 0.2) is 0 Å². The smallest absolute Gasteiger partial charge is 0.0465 e. The number of hydrogen-bond acceptors (Lipinski definition) is 4. The van der Waals surface area contributed by atoms with Gasteiger partial charge >= 0.3 is 0 Å². The number of fused-ring (bicyclic) bond motifs is 12. The highest BCUT2D eigenvalue weighted by atomic mass is 15.2. The monoisotopic (exact) mass is 1590 g/mol. The van der Waals surface area contributed by atoms with E-state index in [1.807, 2.05) is 0 Å². The van der Waals surface area contributed by atoms with E-state index in [0.717, 1.165) is 84.9 Å². The number of benzene rings is 18. The second-order valence-electron chi connectivity index (χ2n) is 36.1. The first-order chi connectivity index (χ1) is 60.5. The molecule has 0 aliphatic heterocycles. The van der Waals surface area contributed by atoms with Crippen LogP contribution in [0.3, 0.4) is 0 Å². The Labute approximate surface area is 729 Å². The van der Waals surface area contributed by atoms with Crippen LogP contribution in [0.5, 0.6) is 0 Å². The molecule has 0 aromatic heterocycles. The summed E-state index contributed by atoms with van der Waals surface area (Å²) < 4.78 is 0. The van der Waals surface area contributed by atoms with Gasteiger partial charge in [-0.15, -0.1) is 0 Å². The summed E-state index contributed by atoms with van der Waals surface area (Å²) in [6.07, 6.45) is 0. The lowest BCUT2D eigenvalue weighted by Gasteiger charge is -2.28. The first-order valence-electron chi connectivity index (χ1n) is 43.6. The van der Waals surface area contributed by atoms with Gasteiger partial charge in [0.05, 0.1) is 0 Å².